The monoisotopic (exact) mass is 440 g/mol. The van der Waals surface area contributed by atoms with Crippen LogP contribution in [0.15, 0.2) is 0 Å². The van der Waals surface area contributed by atoms with Crippen molar-refractivity contribution in [2.45, 2.75) is 149 Å². The van der Waals surface area contributed by atoms with Crippen molar-refractivity contribution in [2.75, 3.05) is 6.61 Å². The lowest BCUT2D eigenvalue weighted by Gasteiger charge is -2.17. The van der Waals surface area contributed by atoms with E-state index in [0.29, 0.717) is 25.4 Å². The molecule has 0 fully saturated rings. The van der Waals surface area contributed by atoms with E-state index in [-0.39, 0.29) is 18.0 Å². The van der Waals surface area contributed by atoms with E-state index in [4.69, 9.17) is 9.47 Å². The molecule has 0 rings (SSSR count). The zero-order valence-corrected chi connectivity index (χ0v) is 21.2. The highest BCUT2D eigenvalue weighted by atomic mass is 16.5. The average molecular weight is 441 g/mol. The second-order valence-electron chi connectivity index (χ2n) is 9.05. The normalized spacial score (nSPS) is 12.2. The molecule has 0 saturated carbocycles. The van der Waals surface area contributed by atoms with Crippen LogP contribution in [0.4, 0.5) is 0 Å². The van der Waals surface area contributed by atoms with Crippen molar-refractivity contribution < 1.29 is 19.1 Å². The summed E-state index contributed by atoms with van der Waals surface area (Å²) in [4.78, 5) is 23.4. The Labute approximate surface area is 193 Å². The summed E-state index contributed by atoms with van der Waals surface area (Å²) in [6.45, 7) is 8.97. The van der Waals surface area contributed by atoms with Gasteiger partial charge in [0.2, 0.25) is 0 Å². The van der Waals surface area contributed by atoms with E-state index in [1.165, 1.54) is 57.8 Å². The molecule has 0 aliphatic carbocycles. The maximum Gasteiger partial charge on any atom is 0.305 e. The van der Waals surface area contributed by atoms with Gasteiger partial charge < -0.3 is 9.47 Å². The van der Waals surface area contributed by atoms with E-state index < -0.39 is 0 Å². The maximum absolute atomic E-state index is 11.8. The number of hydrogen-bond donors (Lipinski definition) is 0. The van der Waals surface area contributed by atoms with Crippen molar-refractivity contribution in [2.24, 2.45) is 5.92 Å². The molecular weight excluding hydrogens is 388 g/mol. The summed E-state index contributed by atoms with van der Waals surface area (Å²) in [5.41, 5.74) is 0. The van der Waals surface area contributed by atoms with Gasteiger partial charge in [-0.2, -0.15) is 0 Å². The van der Waals surface area contributed by atoms with E-state index >= 15 is 0 Å². The minimum atomic E-state index is -0.0556. The van der Waals surface area contributed by atoms with Gasteiger partial charge in [0, 0.05) is 12.8 Å². The lowest BCUT2D eigenvalue weighted by Crippen LogP contribution is -2.17. The molecule has 0 aromatic carbocycles. The fourth-order valence-electron chi connectivity index (χ4n) is 3.84. The van der Waals surface area contributed by atoms with Gasteiger partial charge in [0.1, 0.15) is 6.10 Å². The molecule has 0 aromatic heterocycles. The third-order valence-electron chi connectivity index (χ3n) is 6.26. The van der Waals surface area contributed by atoms with E-state index in [1.807, 2.05) is 6.92 Å². The van der Waals surface area contributed by atoms with Crippen LogP contribution in [0.5, 0.6) is 0 Å². The van der Waals surface area contributed by atoms with Gasteiger partial charge in [-0.15, -0.1) is 0 Å². The highest BCUT2D eigenvalue weighted by Gasteiger charge is 2.13. The van der Waals surface area contributed by atoms with Crippen LogP contribution in [0.2, 0.25) is 0 Å². The molecule has 0 spiro atoms. The standard InChI is InChI=1S/C27H52O4/c1-5-9-10-17-20-25(31-26(28)8-4)21-18-15-13-11-12-14-16-19-22-27(29)30-23-24(6-2)7-3/h24-25H,5-23H2,1-4H3. The Morgan fingerprint density at radius 3 is 1.68 bits per heavy atom. The molecule has 0 saturated heterocycles. The number of carbonyl (C=O) groups excluding carboxylic acids is 2. The van der Waals surface area contributed by atoms with Crippen LogP contribution in [0.3, 0.4) is 0 Å². The van der Waals surface area contributed by atoms with Crippen LogP contribution >= 0.6 is 0 Å². The first kappa shape index (κ1) is 29.9. The summed E-state index contributed by atoms with van der Waals surface area (Å²) in [6.07, 6.45) is 19.7. The van der Waals surface area contributed by atoms with Gasteiger partial charge in [0.25, 0.3) is 0 Å². The van der Waals surface area contributed by atoms with E-state index in [0.717, 1.165) is 44.9 Å². The van der Waals surface area contributed by atoms with Gasteiger partial charge in [-0.25, -0.2) is 0 Å². The summed E-state index contributed by atoms with van der Waals surface area (Å²) >= 11 is 0. The fraction of sp³-hybridized carbons (Fsp3) is 0.926. The van der Waals surface area contributed by atoms with Gasteiger partial charge >= 0.3 is 11.9 Å². The topological polar surface area (TPSA) is 52.6 Å². The highest BCUT2D eigenvalue weighted by Crippen LogP contribution is 2.17. The van der Waals surface area contributed by atoms with Crippen molar-refractivity contribution in [3.8, 4) is 0 Å². The minimum absolute atomic E-state index is 0.0279. The van der Waals surface area contributed by atoms with Gasteiger partial charge in [-0.05, 0) is 38.0 Å². The molecule has 0 heterocycles. The number of unbranched alkanes of at least 4 members (excludes halogenated alkanes) is 10. The lowest BCUT2D eigenvalue weighted by atomic mass is 10.0. The second-order valence-corrected chi connectivity index (χ2v) is 9.05. The molecule has 4 nitrogen and oxygen atoms in total. The number of rotatable bonds is 22. The molecule has 1 unspecified atom stereocenters. The summed E-state index contributed by atoms with van der Waals surface area (Å²) in [5, 5.41) is 0. The Bertz CT molecular complexity index is 417. The molecule has 0 aromatic rings. The Hall–Kier alpha value is -1.06. The predicted molar refractivity (Wildman–Crippen MR) is 130 cm³/mol. The van der Waals surface area contributed by atoms with Crippen LogP contribution in [0.25, 0.3) is 0 Å². The van der Waals surface area contributed by atoms with Crippen molar-refractivity contribution in [1.29, 1.82) is 0 Å². The van der Waals surface area contributed by atoms with Gasteiger partial charge in [-0.1, -0.05) is 98.3 Å². The first-order valence-corrected chi connectivity index (χ1v) is 13.4. The third-order valence-corrected chi connectivity index (χ3v) is 6.26. The van der Waals surface area contributed by atoms with Crippen LogP contribution in [0.1, 0.15) is 143 Å². The molecule has 0 aliphatic heterocycles. The van der Waals surface area contributed by atoms with Crippen LogP contribution in [0, 0.1) is 5.92 Å². The first-order valence-electron chi connectivity index (χ1n) is 13.4. The predicted octanol–water partition coefficient (Wildman–Crippen LogP) is 8.16. The fourth-order valence-corrected chi connectivity index (χ4v) is 3.84. The smallest absolute Gasteiger partial charge is 0.305 e. The molecule has 1 atom stereocenters. The highest BCUT2D eigenvalue weighted by molar-refractivity contribution is 5.69. The zero-order valence-electron chi connectivity index (χ0n) is 21.2. The third kappa shape index (κ3) is 19.4. The lowest BCUT2D eigenvalue weighted by molar-refractivity contribution is -0.149. The molecule has 0 bridgehead atoms. The molecule has 184 valence electrons. The summed E-state index contributed by atoms with van der Waals surface area (Å²) < 4.78 is 11.0. The van der Waals surface area contributed by atoms with E-state index in [9.17, 15) is 9.59 Å². The van der Waals surface area contributed by atoms with Crippen LogP contribution < -0.4 is 0 Å². The maximum atomic E-state index is 11.8. The van der Waals surface area contributed by atoms with Crippen molar-refractivity contribution in [1.82, 2.24) is 0 Å². The van der Waals surface area contributed by atoms with Crippen molar-refractivity contribution in [3.63, 3.8) is 0 Å². The van der Waals surface area contributed by atoms with Gasteiger partial charge in [0.15, 0.2) is 0 Å². The average Bonchev–Trinajstić information content (AvgIpc) is 2.78. The zero-order chi connectivity index (χ0) is 23.2. The molecule has 0 radical (unpaired) electrons. The van der Waals surface area contributed by atoms with Crippen molar-refractivity contribution in [3.05, 3.63) is 0 Å². The second kappa shape index (κ2) is 22.1. The number of hydrogen-bond acceptors (Lipinski definition) is 4. The molecule has 0 amide bonds. The van der Waals surface area contributed by atoms with Gasteiger partial charge in [-0.3, -0.25) is 9.59 Å². The Kier molecular flexibility index (Phi) is 21.4. The number of esters is 2. The van der Waals surface area contributed by atoms with Crippen LogP contribution in [-0.2, 0) is 19.1 Å². The molecule has 0 N–H and O–H groups in total. The number of ether oxygens (including phenoxy) is 2. The van der Waals surface area contributed by atoms with E-state index in [1.54, 1.807) is 0 Å². The molecule has 31 heavy (non-hydrogen) atoms. The molecule has 4 heteroatoms. The largest absolute Gasteiger partial charge is 0.465 e. The van der Waals surface area contributed by atoms with Crippen molar-refractivity contribution >= 4 is 11.9 Å². The summed E-state index contributed by atoms with van der Waals surface area (Å²) in [7, 11) is 0. The van der Waals surface area contributed by atoms with Crippen LogP contribution in [-0.4, -0.2) is 24.6 Å². The van der Waals surface area contributed by atoms with Gasteiger partial charge in [0.05, 0.1) is 6.61 Å². The Morgan fingerprint density at radius 1 is 0.645 bits per heavy atom. The summed E-state index contributed by atoms with van der Waals surface area (Å²) in [5.74, 6) is 0.429. The first-order chi connectivity index (χ1) is 15.1. The number of carbonyl (C=O) groups is 2. The SMILES string of the molecule is CCCCCCC(CCCCCCCCCCC(=O)OCC(CC)CC)OC(=O)CC. The Morgan fingerprint density at radius 2 is 1.16 bits per heavy atom. The molecular formula is C27H52O4. The quantitative estimate of drug-likeness (QED) is 0.126. The summed E-state index contributed by atoms with van der Waals surface area (Å²) in [6, 6.07) is 0. The van der Waals surface area contributed by atoms with E-state index in [2.05, 4.69) is 20.8 Å². The molecule has 0 aliphatic rings. The minimum Gasteiger partial charge on any atom is -0.465 e. The Balaban J connectivity index is 3.65.